The summed E-state index contributed by atoms with van der Waals surface area (Å²) in [6.45, 7) is 4.48. The zero-order chi connectivity index (χ0) is 15.7. The smallest absolute Gasteiger partial charge is 0.328 e. The van der Waals surface area contributed by atoms with Gasteiger partial charge in [0, 0.05) is 33.1 Å². The van der Waals surface area contributed by atoms with Gasteiger partial charge in [0.15, 0.2) is 11.2 Å². The van der Waals surface area contributed by atoms with Crippen LogP contribution in [0.5, 0.6) is 0 Å². The molecule has 0 bridgehead atoms. The van der Waals surface area contributed by atoms with E-state index >= 15 is 0 Å². The second-order valence-electron chi connectivity index (χ2n) is 5.46. The molecule has 116 valence electrons. The number of nitrogens with zero attached hydrogens (tertiary/aromatic N) is 4. The topological polar surface area (TPSA) is 87.8 Å². The zero-order valence-electron chi connectivity index (χ0n) is 13.1. The molecule has 21 heavy (non-hydrogen) atoms. The molecule has 0 aromatic carbocycles. The summed E-state index contributed by atoms with van der Waals surface area (Å²) in [4.78, 5) is 29.0. The molecule has 1 unspecified atom stereocenters. The van der Waals surface area contributed by atoms with E-state index in [1.807, 2.05) is 11.5 Å². The first-order valence-corrected chi connectivity index (χ1v) is 7.30. The predicted molar refractivity (Wildman–Crippen MR) is 82.6 cm³/mol. The van der Waals surface area contributed by atoms with Crippen molar-refractivity contribution in [2.75, 3.05) is 6.54 Å². The normalized spacial score (nSPS) is 13.0. The van der Waals surface area contributed by atoms with Crippen LogP contribution in [-0.4, -0.2) is 25.2 Å². The van der Waals surface area contributed by atoms with Gasteiger partial charge in [0.05, 0.1) is 0 Å². The lowest BCUT2D eigenvalue weighted by Crippen LogP contribution is -2.38. The number of rotatable bonds is 5. The molecule has 2 heterocycles. The van der Waals surface area contributed by atoms with E-state index in [1.165, 1.54) is 11.6 Å². The summed E-state index contributed by atoms with van der Waals surface area (Å²) in [6.07, 6.45) is 2.79. The Kier molecular flexibility index (Phi) is 4.32. The molecule has 0 saturated heterocycles. The standard InChI is InChI=1S/C14H23N5O2/c1-5-6-7-10-16-12-11(19(10)9(2)8-15)13(20)18(4)14(21)17(12)3/h9H,5-8,15H2,1-4H3. The maximum Gasteiger partial charge on any atom is 0.332 e. The molecule has 0 aliphatic heterocycles. The van der Waals surface area contributed by atoms with Crippen molar-refractivity contribution in [3.63, 3.8) is 0 Å². The van der Waals surface area contributed by atoms with Crippen LogP contribution < -0.4 is 17.0 Å². The van der Waals surface area contributed by atoms with Crippen LogP contribution in [0.4, 0.5) is 0 Å². The monoisotopic (exact) mass is 293 g/mol. The van der Waals surface area contributed by atoms with Crippen molar-refractivity contribution in [2.24, 2.45) is 19.8 Å². The van der Waals surface area contributed by atoms with Crippen LogP contribution in [0, 0.1) is 0 Å². The predicted octanol–water partition coefficient (Wildman–Crippen LogP) is 0.296. The molecule has 2 aromatic rings. The molecule has 1 atom stereocenters. The molecule has 0 aliphatic rings. The summed E-state index contributed by atoms with van der Waals surface area (Å²) in [7, 11) is 3.12. The zero-order valence-corrected chi connectivity index (χ0v) is 13.1. The van der Waals surface area contributed by atoms with E-state index < -0.39 is 0 Å². The van der Waals surface area contributed by atoms with Crippen LogP contribution in [-0.2, 0) is 20.5 Å². The van der Waals surface area contributed by atoms with Gasteiger partial charge in [-0.05, 0) is 13.3 Å². The maximum absolute atomic E-state index is 12.5. The van der Waals surface area contributed by atoms with Crippen LogP contribution in [0.3, 0.4) is 0 Å². The molecule has 0 radical (unpaired) electrons. The van der Waals surface area contributed by atoms with Crippen molar-refractivity contribution >= 4 is 11.2 Å². The number of unbranched alkanes of at least 4 members (excludes halogenated alkanes) is 1. The molecule has 0 aliphatic carbocycles. The molecule has 7 heteroatoms. The average Bonchev–Trinajstić information content (AvgIpc) is 2.87. The van der Waals surface area contributed by atoms with Gasteiger partial charge in [-0.2, -0.15) is 0 Å². The number of imidazole rings is 1. The van der Waals surface area contributed by atoms with Crippen molar-refractivity contribution in [1.29, 1.82) is 0 Å². The molecule has 0 spiro atoms. The van der Waals surface area contributed by atoms with Gasteiger partial charge in [0.1, 0.15) is 5.82 Å². The van der Waals surface area contributed by atoms with Gasteiger partial charge in [-0.3, -0.25) is 13.9 Å². The molecular weight excluding hydrogens is 270 g/mol. The van der Waals surface area contributed by atoms with E-state index in [1.54, 1.807) is 7.05 Å². The van der Waals surface area contributed by atoms with Crippen LogP contribution in [0.15, 0.2) is 9.59 Å². The van der Waals surface area contributed by atoms with Crippen LogP contribution in [0.1, 0.15) is 38.6 Å². The average molecular weight is 293 g/mol. The van der Waals surface area contributed by atoms with Gasteiger partial charge in [0.2, 0.25) is 0 Å². The SMILES string of the molecule is CCCCc1nc2c(c(=O)n(C)c(=O)n2C)n1C(C)CN. The second-order valence-corrected chi connectivity index (χ2v) is 5.46. The summed E-state index contributed by atoms with van der Waals surface area (Å²) < 4.78 is 4.44. The summed E-state index contributed by atoms with van der Waals surface area (Å²) in [5.74, 6) is 0.822. The van der Waals surface area contributed by atoms with Gasteiger partial charge in [-0.1, -0.05) is 13.3 Å². The van der Waals surface area contributed by atoms with Gasteiger partial charge < -0.3 is 10.3 Å². The van der Waals surface area contributed by atoms with Crippen molar-refractivity contribution < 1.29 is 0 Å². The summed E-state index contributed by atoms with van der Waals surface area (Å²) in [6, 6.07) is -0.0351. The van der Waals surface area contributed by atoms with E-state index in [9.17, 15) is 9.59 Å². The fraction of sp³-hybridized carbons (Fsp3) is 0.643. The van der Waals surface area contributed by atoms with Crippen LogP contribution >= 0.6 is 0 Å². The maximum atomic E-state index is 12.5. The minimum atomic E-state index is -0.361. The first-order chi connectivity index (χ1) is 9.93. The minimum absolute atomic E-state index is 0.0351. The Balaban J connectivity index is 2.87. The van der Waals surface area contributed by atoms with Crippen LogP contribution in [0.25, 0.3) is 11.2 Å². The lowest BCUT2D eigenvalue weighted by molar-refractivity contribution is 0.537. The van der Waals surface area contributed by atoms with Gasteiger partial charge in [0.25, 0.3) is 5.56 Å². The molecule has 0 amide bonds. The number of hydrogen-bond donors (Lipinski definition) is 1. The summed E-state index contributed by atoms with van der Waals surface area (Å²) >= 11 is 0. The highest BCUT2D eigenvalue weighted by Gasteiger charge is 2.21. The Morgan fingerprint density at radius 3 is 2.48 bits per heavy atom. The Morgan fingerprint density at radius 2 is 1.90 bits per heavy atom. The fourth-order valence-corrected chi connectivity index (χ4v) is 2.55. The Labute approximate surface area is 123 Å². The number of aryl methyl sites for hydroxylation is 2. The highest BCUT2D eigenvalue weighted by atomic mass is 16.2. The Hall–Kier alpha value is -1.89. The number of hydrogen-bond acceptors (Lipinski definition) is 4. The largest absolute Gasteiger partial charge is 0.332 e. The van der Waals surface area contributed by atoms with Crippen LogP contribution in [0.2, 0.25) is 0 Å². The second kappa shape index (κ2) is 5.85. The fourth-order valence-electron chi connectivity index (χ4n) is 2.55. The molecular formula is C14H23N5O2. The molecule has 7 nitrogen and oxygen atoms in total. The van der Waals surface area contributed by atoms with E-state index in [0.29, 0.717) is 17.7 Å². The number of aromatic nitrogens is 4. The van der Waals surface area contributed by atoms with Crippen molar-refractivity contribution in [1.82, 2.24) is 18.7 Å². The number of nitrogens with two attached hydrogens (primary N) is 1. The van der Waals surface area contributed by atoms with E-state index in [4.69, 9.17) is 5.73 Å². The Bertz CT molecular complexity index is 768. The van der Waals surface area contributed by atoms with Gasteiger partial charge >= 0.3 is 5.69 Å². The highest BCUT2D eigenvalue weighted by molar-refractivity contribution is 5.71. The minimum Gasteiger partial charge on any atom is -0.328 e. The first-order valence-electron chi connectivity index (χ1n) is 7.30. The molecule has 2 N–H and O–H groups in total. The lowest BCUT2D eigenvalue weighted by Gasteiger charge is -2.15. The lowest BCUT2D eigenvalue weighted by atomic mass is 10.2. The third kappa shape index (κ3) is 2.42. The summed E-state index contributed by atoms with van der Waals surface area (Å²) in [5.41, 5.74) is 6.01. The summed E-state index contributed by atoms with van der Waals surface area (Å²) in [5, 5.41) is 0. The third-order valence-electron chi connectivity index (χ3n) is 3.90. The molecule has 0 fully saturated rings. The third-order valence-corrected chi connectivity index (χ3v) is 3.90. The van der Waals surface area contributed by atoms with Gasteiger partial charge in [-0.15, -0.1) is 0 Å². The number of fused-ring (bicyclic) bond motifs is 1. The van der Waals surface area contributed by atoms with Gasteiger partial charge in [-0.25, -0.2) is 9.78 Å². The highest BCUT2D eigenvalue weighted by Crippen LogP contribution is 2.18. The van der Waals surface area contributed by atoms with Crippen molar-refractivity contribution in [3.8, 4) is 0 Å². The van der Waals surface area contributed by atoms with E-state index in [-0.39, 0.29) is 17.3 Å². The molecule has 2 rings (SSSR count). The van der Waals surface area contributed by atoms with E-state index in [2.05, 4.69) is 11.9 Å². The van der Waals surface area contributed by atoms with Crippen molar-refractivity contribution in [2.45, 2.75) is 39.2 Å². The van der Waals surface area contributed by atoms with Crippen molar-refractivity contribution in [3.05, 3.63) is 26.7 Å². The Morgan fingerprint density at radius 1 is 1.24 bits per heavy atom. The molecule has 2 aromatic heterocycles. The quantitative estimate of drug-likeness (QED) is 0.858. The molecule has 0 saturated carbocycles. The van der Waals surface area contributed by atoms with E-state index in [0.717, 1.165) is 29.7 Å². The first kappa shape index (κ1) is 15.5.